The third-order valence-corrected chi connectivity index (χ3v) is 11.5. The van der Waals surface area contributed by atoms with E-state index < -0.39 is 45.5 Å². The quantitative estimate of drug-likeness (QED) is 0.189. The molecule has 0 spiro atoms. The summed E-state index contributed by atoms with van der Waals surface area (Å²) in [4.78, 5) is 26.3. The van der Waals surface area contributed by atoms with Crippen LogP contribution in [0.3, 0.4) is 0 Å². The summed E-state index contributed by atoms with van der Waals surface area (Å²) >= 11 is 0. The van der Waals surface area contributed by atoms with Gasteiger partial charge in [-0.05, 0) is 29.3 Å². The van der Waals surface area contributed by atoms with Crippen LogP contribution in [0.4, 0.5) is 9.59 Å². The van der Waals surface area contributed by atoms with Crippen molar-refractivity contribution in [3.05, 3.63) is 71.8 Å². The highest BCUT2D eigenvalue weighted by Crippen LogP contribution is 2.38. The smallest absolute Gasteiger partial charge is 0.429 e. The number of methoxy groups -OCH3 is 2. The number of hydrazine groups is 1. The first-order valence-electron chi connectivity index (χ1n) is 13.2. The second-order valence-corrected chi connectivity index (χ2v) is 15.6. The molecule has 0 saturated heterocycles. The van der Waals surface area contributed by atoms with Gasteiger partial charge in [0, 0.05) is 20.6 Å². The van der Waals surface area contributed by atoms with Crippen LogP contribution in [0, 0.1) is 0 Å². The van der Waals surface area contributed by atoms with Gasteiger partial charge >= 0.3 is 12.2 Å². The van der Waals surface area contributed by atoms with E-state index in [4.69, 9.17) is 23.4 Å². The zero-order valence-electron chi connectivity index (χ0n) is 24.6. The number of aliphatic hydroxyl groups excluding tert-OH is 1. The summed E-state index contributed by atoms with van der Waals surface area (Å²) in [7, 11) is 0.558. The van der Waals surface area contributed by atoms with Gasteiger partial charge in [-0.1, -0.05) is 81.4 Å². The van der Waals surface area contributed by atoms with Crippen molar-refractivity contribution in [1.82, 2.24) is 10.4 Å². The fourth-order valence-corrected chi connectivity index (χ4v) is 4.95. The molecule has 2 aromatic carbocycles. The number of carbonyl (C=O) groups is 2. The van der Waals surface area contributed by atoms with Gasteiger partial charge < -0.3 is 28.5 Å². The Morgan fingerprint density at radius 3 is 1.85 bits per heavy atom. The van der Waals surface area contributed by atoms with Gasteiger partial charge in [-0.25, -0.2) is 20.0 Å². The maximum absolute atomic E-state index is 13.4. The standard InChI is InChI=1S/C29H44N2O8Si/c1-29(2,3)40(6,7)39-25(18-26(35-4)36-5)24(19-32)31(28(34)38-21-23-16-12-9-13-17-23)30-27(33)37-20-22-14-10-8-11-15-22/h8-17,24-26,32H,18-21H2,1-7H3,(H,30,33)/t24-,25-/m1/s1. The molecule has 0 bridgehead atoms. The molecule has 2 aromatic rings. The summed E-state index contributed by atoms with van der Waals surface area (Å²) in [5, 5.41) is 11.4. The number of aliphatic hydroxyl groups is 1. The average molecular weight is 577 g/mol. The summed E-state index contributed by atoms with van der Waals surface area (Å²) in [6.07, 6.45) is -3.06. The average Bonchev–Trinajstić information content (AvgIpc) is 2.93. The van der Waals surface area contributed by atoms with E-state index in [0.29, 0.717) is 0 Å². The maximum Gasteiger partial charge on any atom is 0.429 e. The highest BCUT2D eigenvalue weighted by Gasteiger charge is 2.44. The third-order valence-electron chi connectivity index (χ3n) is 6.98. The first-order chi connectivity index (χ1) is 18.9. The van der Waals surface area contributed by atoms with Crippen LogP contribution in [0.1, 0.15) is 38.3 Å². The Hall–Kier alpha value is -2.96. The van der Waals surface area contributed by atoms with Crippen molar-refractivity contribution in [2.45, 2.75) is 77.0 Å². The lowest BCUT2D eigenvalue weighted by Crippen LogP contribution is -2.60. The molecule has 2 atom stereocenters. The lowest BCUT2D eigenvalue weighted by atomic mass is 10.1. The van der Waals surface area contributed by atoms with Crippen molar-refractivity contribution < 1.29 is 38.1 Å². The largest absolute Gasteiger partial charge is 0.443 e. The molecular weight excluding hydrogens is 532 g/mol. The lowest BCUT2D eigenvalue weighted by molar-refractivity contribution is -0.131. The van der Waals surface area contributed by atoms with Gasteiger partial charge in [0.05, 0.1) is 12.7 Å². The van der Waals surface area contributed by atoms with Gasteiger partial charge in [-0.2, -0.15) is 0 Å². The molecule has 0 saturated carbocycles. The minimum absolute atomic E-state index is 0.0112. The topological polar surface area (TPSA) is 116 Å². The van der Waals surface area contributed by atoms with Crippen LogP contribution in [-0.4, -0.2) is 69.9 Å². The fraction of sp³-hybridized carbons (Fsp3) is 0.517. The van der Waals surface area contributed by atoms with Gasteiger partial charge in [0.15, 0.2) is 14.6 Å². The van der Waals surface area contributed by atoms with E-state index in [9.17, 15) is 14.7 Å². The number of benzene rings is 2. The third kappa shape index (κ3) is 10.2. The molecule has 0 heterocycles. The summed E-state index contributed by atoms with van der Waals surface area (Å²) in [5.74, 6) is 0. The SMILES string of the molecule is COC(C[C@@H](O[Si](C)(C)C(C)(C)C)[C@@H](CO)N(NC(=O)OCc1ccccc1)C(=O)OCc1ccccc1)OC. The van der Waals surface area contributed by atoms with Gasteiger partial charge in [0.25, 0.3) is 0 Å². The number of hydrogen-bond donors (Lipinski definition) is 2. The zero-order valence-corrected chi connectivity index (χ0v) is 25.6. The first kappa shape index (κ1) is 33.2. The van der Waals surface area contributed by atoms with Crippen LogP contribution in [0.2, 0.25) is 18.1 Å². The van der Waals surface area contributed by atoms with Gasteiger partial charge in [0.1, 0.15) is 19.3 Å². The second-order valence-electron chi connectivity index (χ2n) is 10.9. The number of nitrogens with zero attached hydrogens (tertiary/aromatic N) is 1. The Bertz CT molecular complexity index is 1030. The van der Waals surface area contributed by atoms with Crippen LogP contribution in [0.15, 0.2) is 60.7 Å². The van der Waals surface area contributed by atoms with Crippen molar-refractivity contribution in [3.63, 3.8) is 0 Å². The molecule has 2 rings (SSSR count). The number of ether oxygens (including phenoxy) is 4. The number of hydrogen-bond acceptors (Lipinski definition) is 8. The zero-order chi connectivity index (χ0) is 29.8. The Morgan fingerprint density at radius 1 is 0.900 bits per heavy atom. The van der Waals surface area contributed by atoms with Crippen LogP contribution in [0.25, 0.3) is 0 Å². The van der Waals surface area contributed by atoms with E-state index in [1.54, 1.807) is 0 Å². The summed E-state index contributed by atoms with van der Waals surface area (Å²) in [5.41, 5.74) is 4.01. The lowest BCUT2D eigenvalue weighted by Gasteiger charge is -2.43. The van der Waals surface area contributed by atoms with E-state index in [1.165, 1.54) is 14.2 Å². The van der Waals surface area contributed by atoms with E-state index in [1.807, 2.05) is 60.7 Å². The maximum atomic E-state index is 13.4. The Labute approximate surface area is 238 Å². The number of amides is 2. The predicted octanol–water partition coefficient (Wildman–Crippen LogP) is 5.23. The van der Waals surface area contributed by atoms with Gasteiger partial charge in [-0.3, -0.25) is 0 Å². The van der Waals surface area contributed by atoms with Crippen molar-refractivity contribution in [1.29, 1.82) is 0 Å². The summed E-state index contributed by atoms with van der Waals surface area (Å²) in [6, 6.07) is 17.2. The highest BCUT2D eigenvalue weighted by atomic mass is 28.4. The number of rotatable bonds is 13. The van der Waals surface area contributed by atoms with E-state index in [0.717, 1.165) is 16.1 Å². The number of nitrogens with one attached hydrogen (secondary N) is 1. The predicted molar refractivity (Wildman–Crippen MR) is 154 cm³/mol. The molecule has 222 valence electrons. The van der Waals surface area contributed by atoms with Crippen molar-refractivity contribution in [3.8, 4) is 0 Å². The summed E-state index contributed by atoms with van der Waals surface area (Å²) < 4.78 is 28.4. The van der Waals surface area contributed by atoms with Crippen LogP contribution < -0.4 is 5.43 Å². The van der Waals surface area contributed by atoms with Crippen molar-refractivity contribution >= 4 is 20.5 Å². The van der Waals surface area contributed by atoms with Crippen molar-refractivity contribution in [2.75, 3.05) is 20.8 Å². The molecule has 2 N–H and O–H groups in total. The molecule has 0 radical (unpaired) electrons. The fourth-order valence-electron chi connectivity index (χ4n) is 3.59. The Kier molecular flexibility index (Phi) is 13.1. The number of carbonyl (C=O) groups excluding carboxylic acids is 2. The minimum atomic E-state index is -2.44. The molecule has 0 aliphatic rings. The summed E-state index contributed by atoms with van der Waals surface area (Å²) in [6.45, 7) is 9.77. The molecule has 40 heavy (non-hydrogen) atoms. The Morgan fingerprint density at radius 2 is 1.40 bits per heavy atom. The molecule has 2 amide bonds. The first-order valence-corrected chi connectivity index (χ1v) is 16.1. The molecule has 0 aliphatic heterocycles. The van der Waals surface area contributed by atoms with E-state index in [-0.39, 0.29) is 24.7 Å². The Balaban J connectivity index is 2.36. The molecule has 0 unspecified atom stereocenters. The molecule has 0 aromatic heterocycles. The molecule has 0 aliphatic carbocycles. The molecule has 0 fully saturated rings. The molecule has 11 heteroatoms. The van der Waals surface area contributed by atoms with Crippen LogP contribution in [-0.2, 0) is 36.6 Å². The minimum Gasteiger partial charge on any atom is -0.443 e. The van der Waals surface area contributed by atoms with Crippen LogP contribution in [0.5, 0.6) is 0 Å². The van der Waals surface area contributed by atoms with Crippen molar-refractivity contribution in [2.24, 2.45) is 0 Å². The van der Waals surface area contributed by atoms with Gasteiger partial charge in [0.2, 0.25) is 0 Å². The second kappa shape index (κ2) is 15.7. The van der Waals surface area contributed by atoms with Gasteiger partial charge in [-0.15, -0.1) is 0 Å². The monoisotopic (exact) mass is 576 g/mol. The normalized spacial score (nSPS) is 13.4. The van der Waals surface area contributed by atoms with Crippen LogP contribution >= 0.6 is 0 Å². The molecular formula is C29H44N2O8Si. The van der Waals surface area contributed by atoms with E-state index in [2.05, 4.69) is 39.3 Å². The highest BCUT2D eigenvalue weighted by molar-refractivity contribution is 6.74. The van der Waals surface area contributed by atoms with E-state index >= 15 is 0 Å². The molecule has 10 nitrogen and oxygen atoms in total.